The van der Waals surface area contributed by atoms with E-state index in [1.54, 1.807) is 26.0 Å². The molecule has 0 saturated carbocycles. The van der Waals surface area contributed by atoms with E-state index in [1.807, 2.05) is 12.1 Å². The standard InChI is InChI=1S/C13H18N2O2S/c1-11(2)18(16,17)7-6-15-10-13-5-3-4-12(8-13)9-14/h3-5,8,11,15H,6-7,10H2,1-2H3. The topological polar surface area (TPSA) is 70.0 Å². The lowest BCUT2D eigenvalue weighted by atomic mass is 10.1. The summed E-state index contributed by atoms with van der Waals surface area (Å²) < 4.78 is 23.1. The first kappa shape index (κ1) is 14.7. The second kappa shape index (κ2) is 6.53. The molecule has 0 fully saturated rings. The van der Waals surface area contributed by atoms with E-state index in [0.29, 0.717) is 18.7 Å². The molecule has 0 unspecified atom stereocenters. The molecule has 0 amide bonds. The van der Waals surface area contributed by atoms with Crippen LogP contribution in [-0.4, -0.2) is 26.0 Å². The molecular weight excluding hydrogens is 248 g/mol. The van der Waals surface area contributed by atoms with Crippen molar-refractivity contribution in [1.29, 1.82) is 5.26 Å². The maximum absolute atomic E-state index is 11.6. The second-order valence-corrected chi connectivity index (χ2v) is 7.08. The molecule has 0 saturated heterocycles. The Hall–Kier alpha value is -1.38. The lowest BCUT2D eigenvalue weighted by molar-refractivity contribution is 0.582. The molecule has 0 aliphatic heterocycles. The van der Waals surface area contributed by atoms with Gasteiger partial charge in [0.2, 0.25) is 0 Å². The smallest absolute Gasteiger partial charge is 0.153 e. The third-order valence-electron chi connectivity index (χ3n) is 2.67. The van der Waals surface area contributed by atoms with Crippen LogP contribution in [0.15, 0.2) is 24.3 Å². The number of hydrogen-bond donors (Lipinski definition) is 1. The molecule has 1 N–H and O–H groups in total. The minimum atomic E-state index is -2.98. The van der Waals surface area contributed by atoms with Crippen molar-refractivity contribution in [1.82, 2.24) is 5.32 Å². The highest BCUT2D eigenvalue weighted by Gasteiger charge is 2.14. The number of benzene rings is 1. The van der Waals surface area contributed by atoms with E-state index in [4.69, 9.17) is 5.26 Å². The Morgan fingerprint density at radius 3 is 2.72 bits per heavy atom. The molecule has 0 bridgehead atoms. The van der Waals surface area contributed by atoms with Crippen LogP contribution >= 0.6 is 0 Å². The fourth-order valence-corrected chi connectivity index (χ4v) is 2.33. The molecule has 1 rings (SSSR count). The molecule has 5 heteroatoms. The molecule has 0 aliphatic rings. The number of hydrogen-bond acceptors (Lipinski definition) is 4. The maximum Gasteiger partial charge on any atom is 0.153 e. The fourth-order valence-electron chi connectivity index (χ4n) is 1.43. The molecule has 98 valence electrons. The summed E-state index contributed by atoms with van der Waals surface area (Å²) in [5, 5.41) is 11.5. The van der Waals surface area contributed by atoms with Crippen LogP contribution < -0.4 is 5.32 Å². The highest BCUT2D eigenvalue weighted by molar-refractivity contribution is 7.92. The van der Waals surface area contributed by atoms with Gasteiger partial charge in [-0.25, -0.2) is 8.42 Å². The van der Waals surface area contributed by atoms with E-state index in [9.17, 15) is 8.42 Å². The van der Waals surface area contributed by atoms with Gasteiger partial charge in [-0.05, 0) is 31.5 Å². The Kier molecular flexibility index (Phi) is 5.32. The molecule has 18 heavy (non-hydrogen) atoms. The molecule has 4 nitrogen and oxygen atoms in total. The van der Waals surface area contributed by atoms with E-state index in [2.05, 4.69) is 11.4 Å². The predicted molar refractivity (Wildman–Crippen MR) is 71.8 cm³/mol. The Morgan fingerprint density at radius 1 is 1.39 bits per heavy atom. The van der Waals surface area contributed by atoms with E-state index in [-0.39, 0.29) is 11.0 Å². The van der Waals surface area contributed by atoms with Crippen molar-refractivity contribution in [3.8, 4) is 6.07 Å². The van der Waals surface area contributed by atoms with Crippen LogP contribution in [-0.2, 0) is 16.4 Å². The van der Waals surface area contributed by atoms with Crippen LogP contribution in [0.5, 0.6) is 0 Å². The summed E-state index contributed by atoms with van der Waals surface area (Å²) >= 11 is 0. The maximum atomic E-state index is 11.6. The lowest BCUT2D eigenvalue weighted by Gasteiger charge is -2.08. The largest absolute Gasteiger partial charge is 0.312 e. The van der Waals surface area contributed by atoms with Gasteiger partial charge >= 0.3 is 0 Å². The highest BCUT2D eigenvalue weighted by atomic mass is 32.2. The molecule has 0 atom stereocenters. The average molecular weight is 266 g/mol. The number of nitrogens with zero attached hydrogens (tertiary/aromatic N) is 1. The summed E-state index contributed by atoms with van der Waals surface area (Å²) in [6, 6.07) is 9.34. The SMILES string of the molecule is CC(C)S(=O)(=O)CCNCc1cccc(C#N)c1. The van der Waals surface area contributed by atoms with Crippen LogP contribution in [0, 0.1) is 11.3 Å². The third-order valence-corrected chi connectivity index (χ3v) is 4.88. The average Bonchev–Trinajstić information content (AvgIpc) is 2.35. The van der Waals surface area contributed by atoms with Gasteiger partial charge in [0.25, 0.3) is 0 Å². The van der Waals surface area contributed by atoms with E-state index < -0.39 is 9.84 Å². The minimum absolute atomic E-state index is 0.141. The summed E-state index contributed by atoms with van der Waals surface area (Å²) in [7, 11) is -2.98. The molecule has 1 aromatic rings. The van der Waals surface area contributed by atoms with Crippen molar-refractivity contribution >= 4 is 9.84 Å². The summed E-state index contributed by atoms with van der Waals surface area (Å²) in [5.41, 5.74) is 1.60. The summed E-state index contributed by atoms with van der Waals surface area (Å²) in [5.74, 6) is 0.141. The fraction of sp³-hybridized carbons (Fsp3) is 0.462. The number of nitriles is 1. The summed E-state index contributed by atoms with van der Waals surface area (Å²) in [6.07, 6.45) is 0. The van der Waals surface area contributed by atoms with Gasteiger partial charge in [0.15, 0.2) is 9.84 Å². The van der Waals surface area contributed by atoms with Crippen LogP contribution in [0.4, 0.5) is 0 Å². The number of rotatable bonds is 6. The van der Waals surface area contributed by atoms with E-state index in [1.165, 1.54) is 0 Å². The molecule has 0 aromatic heterocycles. The highest BCUT2D eigenvalue weighted by Crippen LogP contribution is 2.04. The van der Waals surface area contributed by atoms with E-state index >= 15 is 0 Å². The third kappa shape index (κ3) is 4.47. The van der Waals surface area contributed by atoms with Gasteiger partial charge in [0, 0.05) is 13.1 Å². The lowest BCUT2D eigenvalue weighted by Crippen LogP contribution is -2.27. The molecule has 0 spiro atoms. The Morgan fingerprint density at radius 2 is 2.11 bits per heavy atom. The van der Waals surface area contributed by atoms with Crippen molar-refractivity contribution in [2.45, 2.75) is 25.6 Å². The Balaban J connectivity index is 2.41. The van der Waals surface area contributed by atoms with Crippen LogP contribution in [0.25, 0.3) is 0 Å². The first-order valence-corrected chi connectivity index (χ1v) is 7.58. The van der Waals surface area contributed by atoms with Gasteiger partial charge in [-0.3, -0.25) is 0 Å². The van der Waals surface area contributed by atoms with Crippen molar-refractivity contribution in [2.24, 2.45) is 0 Å². The quantitative estimate of drug-likeness (QED) is 0.792. The molecule has 0 aliphatic carbocycles. The van der Waals surface area contributed by atoms with Crippen molar-refractivity contribution in [3.05, 3.63) is 35.4 Å². The summed E-state index contributed by atoms with van der Waals surface area (Å²) in [4.78, 5) is 0. The monoisotopic (exact) mass is 266 g/mol. The van der Waals surface area contributed by atoms with Crippen LogP contribution in [0.3, 0.4) is 0 Å². The predicted octanol–water partition coefficient (Wildman–Crippen LogP) is 1.47. The van der Waals surface area contributed by atoms with Gasteiger partial charge in [-0.15, -0.1) is 0 Å². The van der Waals surface area contributed by atoms with Gasteiger partial charge < -0.3 is 5.32 Å². The zero-order valence-corrected chi connectivity index (χ0v) is 11.5. The first-order valence-electron chi connectivity index (χ1n) is 5.87. The second-order valence-electron chi connectivity index (χ2n) is 4.40. The molecule has 0 heterocycles. The van der Waals surface area contributed by atoms with Crippen molar-refractivity contribution < 1.29 is 8.42 Å². The Labute approximate surface area is 109 Å². The normalized spacial score (nSPS) is 11.4. The van der Waals surface area contributed by atoms with Crippen molar-refractivity contribution in [3.63, 3.8) is 0 Å². The van der Waals surface area contributed by atoms with Gasteiger partial charge in [-0.2, -0.15) is 5.26 Å². The van der Waals surface area contributed by atoms with Gasteiger partial charge in [-0.1, -0.05) is 12.1 Å². The van der Waals surface area contributed by atoms with Gasteiger partial charge in [0.1, 0.15) is 0 Å². The first-order chi connectivity index (χ1) is 8.45. The Bertz CT molecular complexity index is 530. The van der Waals surface area contributed by atoms with Crippen LogP contribution in [0.2, 0.25) is 0 Å². The zero-order valence-electron chi connectivity index (χ0n) is 10.7. The molecular formula is C13H18N2O2S. The zero-order chi connectivity index (χ0) is 13.6. The number of sulfone groups is 1. The molecule has 0 radical (unpaired) electrons. The van der Waals surface area contributed by atoms with Crippen LogP contribution in [0.1, 0.15) is 25.0 Å². The number of nitrogens with one attached hydrogen (secondary N) is 1. The van der Waals surface area contributed by atoms with E-state index in [0.717, 1.165) is 5.56 Å². The minimum Gasteiger partial charge on any atom is -0.312 e. The molecule has 1 aromatic carbocycles. The summed E-state index contributed by atoms with van der Waals surface area (Å²) in [6.45, 7) is 4.37. The van der Waals surface area contributed by atoms with Crippen molar-refractivity contribution in [2.75, 3.05) is 12.3 Å². The van der Waals surface area contributed by atoms with Gasteiger partial charge in [0.05, 0.1) is 22.6 Å².